The zero-order valence-corrected chi connectivity index (χ0v) is 11.9. The molecule has 0 saturated carbocycles. The van der Waals surface area contributed by atoms with E-state index < -0.39 is 0 Å². The van der Waals surface area contributed by atoms with Gasteiger partial charge < -0.3 is 10.6 Å². The van der Waals surface area contributed by atoms with Gasteiger partial charge in [0.25, 0.3) is 0 Å². The average molecular weight is 292 g/mol. The van der Waals surface area contributed by atoms with E-state index in [0.717, 1.165) is 25.0 Å². The molecule has 2 heterocycles. The number of urea groups is 1. The Kier molecular flexibility index (Phi) is 4.54. The quantitative estimate of drug-likeness (QED) is 0.453. The Morgan fingerprint density at radius 3 is 3.00 bits per heavy atom. The van der Waals surface area contributed by atoms with Crippen LogP contribution in [0.3, 0.4) is 0 Å². The van der Waals surface area contributed by atoms with Crippen LogP contribution < -0.4 is 10.6 Å². The first-order valence-corrected chi connectivity index (χ1v) is 7.68. The molecule has 7 heteroatoms. The third-order valence-corrected chi connectivity index (χ3v) is 5.71. The molecule has 2 aliphatic rings. The minimum absolute atomic E-state index is 0.0529. The summed E-state index contributed by atoms with van der Waals surface area (Å²) >= 11 is 9.83. The molecule has 0 aromatic heterocycles. The Morgan fingerprint density at radius 1 is 1.53 bits per heavy atom. The second-order valence-corrected chi connectivity index (χ2v) is 6.74. The summed E-state index contributed by atoms with van der Waals surface area (Å²) in [6.45, 7) is 0. The maximum Gasteiger partial charge on any atom is 0.315 e. The van der Waals surface area contributed by atoms with E-state index >= 15 is 0 Å². The van der Waals surface area contributed by atoms with Crippen LogP contribution in [-0.4, -0.2) is 39.5 Å². The zero-order valence-electron chi connectivity index (χ0n) is 9.26. The molecule has 0 spiro atoms. The van der Waals surface area contributed by atoms with Crippen LogP contribution in [0.1, 0.15) is 19.3 Å². The van der Waals surface area contributed by atoms with Gasteiger partial charge in [-0.1, -0.05) is 6.42 Å². The van der Waals surface area contributed by atoms with Crippen LogP contribution in [0.25, 0.3) is 0 Å². The summed E-state index contributed by atoms with van der Waals surface area (Å²) in [6.07, 6.45) is 2.70. The van der Waals surface area contributed by atoms with E-state index in [4.69, 9.17) is 0 Å². The van der Waals surface area contributed by atoms with E-state index in [1.54, 1.807) is 0 Å². The molecule has 4 atom stereocenters. The molecule has 0 aliphatic carbocycles. The molecule has 2 N–H and O–H groups in total. The lowest BCUT2D eigenvalue weighted by Gasteiger charge is -2.17. The number of rotatable bonds is 5. The maximum atomic E-state index is 11.2. The van der Waals surface area contributed by atoms with Crippen LogP contribution >= 0.6 is 37.0 Å². The minimum atomic E-state index is -0.267. The molecule has 17 heavy (non-hydrogen) atoms. The molecular formula is C10H16N2O2S3. The Bertz CT molecular complexity index is 327. The average Bonchev–Trinajstić information content (AvgIpc) is 2.78. The number of hydrogen-bond acceptors (Lipinski definition) is 4. The van der Waals surface area contributed by atoms with Crippen molar-refractivity contribution in [2.24, 2.45) is 0 Å². The van der Waals surface area contributed by atoms with E-state index in [2.05, 4.69) is 35.9 Å². The second kappa shape index (κ2) is 5.75. The number of amides is 2. The predicted molar refractivity (Wildman–Crippen MR) is 76.1 cm³/mol. The van der Waals surface area contributed by atoms with Gasteiger partial charge in [-0.15, -0.1) is 12.6 Å². The first kappa shape index (κ1) is 13.4. The molecule has 2 amide bonds. The topological polar surface area (TPSA) is 58.2 Å². The smallest absolute Gasteiger partial charge is 0.315 e. The number of hydrogen-bond donors (Lipinski definition) is 4. The normalized spacial score (nSPS) is 32.8. The van der Waals surface area contributed by atoms with Crippen molar-refractivity contribution < 1.29 is 9.59 Å². The third kappa shape index (κ3) is 3.26. The van der Waals surface area contributed by atoms with Crippen LogP contribution in [0.15, 0.2) is 0 Å². The summed E-state index contributed by atoms with van der Waals surface area (Å²) in [5.74, 6) is 0.976. The molecule has 2 aliphatic heterocycles. The zero-order chi connectivity index (χ0) is 12.4. The lowest BCUT2D eigenvalue weighted by molar-refractivity contribution is -0.110. The highest BCUT2D eigenvalue weighted by Gasteiger charge is 2.42. The summed E-state index contributed by atoms with van der Waals surface area (Å²) < 4.78 is 0. The summed E-state index contributed by atoms with van der Waals surface area (Å²) in [6, 6.07) is 0.469. The molecule has 4 nitrogen and oxygen atoms in total. The molecule has 1 unspecified atom stereocenters. The Labute approximate surface area is 116 Å². The van der Waals surface area contributed by atoms with Crippen molar-refractivity contribution in [2.45, 2.75) is 41.8 Å². The number of thioether (sulfide) groups is 1. The first-order chi connectivity index (χ1) is 8.08. The predicted octanol–water partition coefficient (Wildman–Crippen LogP) is 1.08. The van der Waals surface area contributed by atoms with Crippen LogP contribution in [0, 0.1) is 0 Å². The number of carbonyl (C=O) groups excluding carboxylic acids is 2. The van der Waals surface area contributed by atoms with Crippen molar-refractivity contribution in [3.8, 4) is 0 Å². The lowest BCUT2D eigenvalue weighted by Crippen LogP contribution is -2.36. The molecule has 0 bridgehead atoms. The number of carbonyl (C=O) groups is 2. The van der Waals surface area contributed by atoms with Crippen LogP contribution in [0.5, 0.6) is 0 Å². The molecule has 0 aromatic carbocycles. The molecule has 96 valence electrons. The van der Waals surface area contributed by atoms with Crippen molar-refractivity contribution in [1.82, 2.24) is 10.6 Å². The highest BCUT2D eigenvalue weighted by atomic mass is 32.2. The fourth-order valence-corrected chi connectivity index (χ4v) is 4.13. The van der Waals surface area contributed by atoms with Gasteiger partial charge in [-0.3, -0.25) is 4.79 Å². The Hall–Kier alpha value is -0.0100. The highest BCUT2D eigenvalue weighted by molar-refractivity contribution is 8.00. The van der Waals surface area contributed by atoms with Crippen molar-refractivity contribution in [1.29, 1.82) is 0 Å². The fourth-order valence-electron chi connectivity index (χ4n) is 2.28. The number of fused-ring (bicyclic) bond motifs is 1. The second-order valence-electron chi connectivity index (χ2n) is 4.41. The van der Waals surface area contributed by atoms with Gasteiger partial charge in [0, 0.05) is 11.0 Å². The van der Waals surface area contributed by atoms with E-state index in [9.17, 15) is 9.59 Å². The number of thiol groups is 2. The SMILES string of the molecule is O=C1N[C@H]2[C@H](CS[C@H]2CCCC(S)C(=O)S)N1. The molecule has 2 saturated heterocycles. The molecule has 0 aromatic rings. The van der Waals surface area contributed by atoms with Crippen molar-refractivity contribution in [3.63, 3.8) is 0 Å². The third-order valence-electron chi connectivity index (χ3n) is 3.19. The maximum absolute atomic E-state index is 11.2. The standard InChI is InChI=1S/C10H16N2O2S3/c13-9(16)6(15)2-1-3-7-8-5(4-17-7)11-10(14)12-8/h5-8,15H,1-4H2,(H,13,16)(H2,11,12,14)/t5-,6?,7-,8-/m0/s1. The van der Waals surface area contributed by atoms with Crippen molar-refractivity contribution in [2.75, 3.05) is 5.75 Å². The summed E-state index contributed by atoms with van der Waals surface area (Å²) in [5.41, 5.74) is 0. The Balaban J connectivity index is 1.73. The van der Waals surface area contributed by atoms with Gasteiger partial charge >= 0.3 is 6.03 Å². The van der Waals surface area contributed by atoms with E-state index in [1.807, 2.05) is 11.8 Å². The highest BCUT2D eigenvalue weighted by Crippen LogP contribution is 2.33. The van der Waals surface area contributed by atoms with Crippen LogP contribution in [0.2, 0.25) is 0 Å². The van der Waals surface area contributed by atoms with Crippen molar-refractivity contribution >= 4 is 48.2 Å². The summed E-state index contributed by atoms with van der Waals surface area (Å²) in [4.78, 5) is 22.1. The largest absolute Gasteiger partial charge is 0.332 e. The van der Waals surface area contributed by atoms with E-state index in [0.29, 0.717) is 5.25 Å². The van der Waals surface area contributed by atoms with Gasteiger partial charge in [0.2, 0.25) is 0 Å². The fraction of sp³-hybridized carbons (Fsp3) is 0.800. The Morgan fingerprint density at radius 2 is 2.29 bits per heavy atom. The van der Waals surface area contributed by atoms with Gasteiger partial charge in [-0.05, 0) is 12.8 Å². The van der Waals surface area contributed by atoms with Gasteiger partial charge in [0.05, 0.1) is 17.3 Å². The van der Waals surface area contributed by atoms with Gasteiger partial charge in [0.1, 0.15) is 0 Å². The molecule has 0 radical (unpaired) electrons. The minimum Gasteiger partial charge on any atom is -0.332 e. The van der Waals surface area contributed by atoms with Crippen LogP contribution in [-0.2, 0) is 4.79 Å². The van der Waals surface area contributed by atoms with E-state index in [-0.39, 0.29) is 28.5 Å². The lowest BCUT2D eigenvalue weighted by atomic mass is 10.0. The summed E-state index contributed by atoms with van der Waals surface area (Å²) in [5, 5.41) is 5.89. The summed E-state index contributed by atoms with van der Waals surface area (Å²) in [7, 11) is 0. The molecule has 2 rings (SSSR count). The van der Waals surface area contributed by atoms with E-state index in [1.165, 1.54) is 0 Å². The monoisotopic (exact) mass is 292 g/mol. The van der Waals surface area contributed by atoms with Crippen molar-refractivity contribution in [3.05, 3.63) is 0 Å². The molecular weight excluding hydrogens is 276 g/mol. The molecule has 2 fully saturated rings. The van der Waals surface area contributed by atoms with Gasteiger partial charge in [0.15, 0.2) is 5.12 Å². The number of nitrogens with one attached hydrogen (secondary N) is 2. The first-order valence-electron chi connectivity index (χ1n) is 5.67. The van der Waals surface area contributed by atoms with Gasteiger partial charge in [-0.2, -0.15) is 24.4 Å². The van der Waals surface area contributed by atoms with Crippen LogP contribution in [0.4, 0.5) is 4.79 Å². The van der Waals surface area contributed by atoms with Gasteiger partial charge in [-0.25, -0.2) is 4.79 Å².